The smallest absolute Gasteiger partial charge is 0.311 e. The van der Waals surface area contributed by atoms with Gasteiger partial charge >= 0.3 is 5.97 Å². The highest BCUT2D eigenvalue weighted by Crippen LogP contribution is 2.49. The van der Waals surface area contributed by atoms with Crippen LogP contribution in [0.4, 0.5) is 0 Å². The fourth-order valence-corrected chi connectivity index (χ4v) is 8.45. The lowest BCUT2D eigenvalue weighted by molar-refractivity contribution is -0.396. The minimum absolute atomic E-state index is 0.0427. The summed E-state index contributed by atoms with van der Waals surface area (Å²) in [6.07, 6.45) is -3.23. The molecule has 13 heteroatoms. The first-order valence-corrected chi connectivity index (χ1v) is 18.6. The van der Waals surface area contributed by atoms with Gasteiger partial charge in [0, 0.05) is 17.9 Å². The molecule has 4 aliphatic rings. The highest BCUT2D eigenvalue weighted by Gasteiger charge is 2.64. The van der Waals surface area contributed by atoms with E-state index >= 15 is 0 Å². The molecule has 0 saturated carbocycles. The largest absolute Gasteiger partial charge is 0.459 e. The number of nitriles is 1. The fourth-order valence-electron chi connectivity index (χ4n) is 8.45. The first kappa shape index (κ1) is 43.0. The molecule has 0 aromatic carbocycles. The Labute approximate surface area is 301 Å². The summed E-state index contributed by atoms with van der Waals surface area (Å²) < 4.78 is 38.3. The summed E-state index contributed by atoms with van der Waals surface area (Å²) in [7, 11) is 9.68. The molecule has 0 aromatic heterocycles. The van der Waals surface area contributed by atoms with Crippen LogP contribution in [0.15, 0.2) is 0 Å². The summed E-state index contributed by atoms with van der Waals surface area (Å²) in [5.41, 5.74) is -2.30. The van der Waals surface area contributed by atoms with E-state index in [9.17, 15) is 20.3 Å². The maximum Gasteiger partial charge on any atom is 0.311 e. The van der Waals surface area contributed by atoms with E-state index in [1.165, 1.54) is 0 Å². The Kier molecular flexibility index (Phi) is 15.5. The number of ether oxygens (including phenoxy) is 6. The second-order valence-corrected chi connectivity index (χ2v) is 16.1. The third kappa shape index (κ3) is 9.56. The summed E-state index contributed by atoms with van der Waals surface area (Å²) in [6.45, 7) is 16.0. The van der Waals surface area contributed by atoms with Crippen molar-refractivity contribution in [3.8, 4) is 6.07 Å². The number of fused-ring (bicyclic) bond motifs is 2. The number of aliphatic hydroxyl groups excluding tert-OH is 1. The van der Waals surface area contributed by atoms with Crippen molar-refractivity contribution in [3.05, 3.63) is 0 Å². The zero-order valence-electron chi connectivity index (χ0n) is 32.9. The highest BCUT2D eigenvalue weighted by atomic mass is 16.7. The number of aliphatic hydroxyl groups is 2. The van der Waals surface area contributed by atoms with Crippen molar-refractivity contribution in [2.24, 2.45) is 23.7 Å². The predicted molar refractivity (Wildman–Crippen MR) is 189 cm³/mol. The van der Waals surface area contributed by atoms with Crippen molar-refractivity contribution in [1.82, 2.24) is 15.1 Å². The molecule has 0 spiro atoms. The molecule has 3 N–H and O–H groups in total. The molecule has 0 aliphatic carbocycles. The molecule has 0 aromatic rings. The van der Waals surface area contributed by atoms with Crippen molar-refractivity contribution < 1.29 is 43.4 Å². The molecule has 0 amide bonds. The summed E-state index contributed by atoms with van der Waals surface area (Å²) >= 11 is 0. The van der Waals surface area contributed by atoms with Crippen LogP contribution >= 0.6 is 0 Å². The number of esters is 1. The van der Waals surface area contributed by atoms with E-state index in [2.05, 4.69) is 23.2 Å². The van der Waals surface area contributed by atoms with Gasteiger partial charge in [-0.2, -0.15) is 5.26 Å². The van der Waals surface area contributed by atoms with Crippen LogP contribution in [0.3, 0.4) is 0 Å². The van der Waals surface area contributed by atoms with Gasteiger partial charge in [-0.05, 0) is 94.7 Å². The van der Waals surface area contributed by atoms with Gasteiger partial charge in [-0.15, -0.1) is 0 Å². The van der Waals surface area contributed by atoms with Crippen LogP contribution in [0.1, 0.15) is 81.1 Å². The Hall–Kier alpha value is -1.44. The van der Waals surface area contributed by atoms with Crippen molar-refractivity contribution in [2.45, 2.75) is 154 Å². The van der Waals surface area contributed by atoms with E-state index in [-0.39, 0.29) is 55.4 Å². The number of hydrogen-bond acceptors (Lipinski definition) is 13. The topological polar surface area (TPSA) is 155 Å². The molecule has 4 heterocycles. The monoisotopic (exact) mass is 712 g/mol. The second kappa shape index (κ2) is 18.1. The van der Waals surface area contributed by atoms with Gasteiger partial charge in [0.1, 0.15) is 30.1 Å². The van der Waals surface area contributed by atoms with Crippen molar-refractivity contribution >= 4 is 5.97 Å². The van der Waals surface area contributed by atoms with E-state index < -0.39 is 59.7 Å². The SMILES string of the molecule is CC[C@@H](OC(=O)[C@H](C)[C@@H](O)[C@H](C)[C@@H](O[C@@H]1O[C@H](C)C[C@H](N(C)C)[C@H]1OCCC#N)[C@](C)(O)C[C@@H](C)CNC)[C@@]1(C)OC(N(C)C)C2O[C@@H]1[C@H]2C. The zero-order valence-corrected chi connectivity index (χ0v) is 32.9. The van der Waals surface area contributed by atoms with Gasteiger partial charge in [-0.1, -0.05) is 27.7 Å². The second-order valence-electron chi connectivity index (χ2n) is 16.1. The Bertz CT molecular complexity index is 1120. The lowest BCUT2D eigenvalue weighted by Gasteiger charge is -2.62. The predicted octanol–water partition coefficient (Wildman–Crippen LogP) is 2.77. The highest BCUT2D eigenvalue weighted by molar-refractivity contribution is 5.73. The van der Waals surface area contributed by atoms with Gasteiger partial charge in [-0.25, -0.2) is 0 Å². The average Bonchev–Trinajstić information content (AvgIpc) is 3.04. The number of carbonyl (C=O) groups excluding carboxylic acids is 1. The minimum atomic E-state index is -1.43. The first-order valence-electron chi connectivity index (χ1n) is 18.6. The summed E-state index contributed by atoms with van der Waals surface area (Å²) in [5.74, 6) is -1.95. The lowest BCUT2D eigenvalue weighted by Crippen LogP contribution is -2.76. The standard InChI is InChI=1S/C37H68N4O9/c1-14-27(37(8)32-25(6)29(48-32)33(50-37)41(12)13)47-34(43)24(5)28(42)23(4)31(36(7,44)19-21(2)20-39-9)49-35-30(45-17-15-16-38)26(40(10)11)18-22(3)46-35/h21-33,35,39,42,44H,14-15,17-20H2,1-13H3/t21-,22-,23+,24-,25+,26+,27-,28+,29?,30-,31-,32-,33?,35+,36-,37-/m1/s1. The molecule has 2 unspecified atom stereocenters. The van der Waals surface area contributed by atoms with E-state index in [4.69, 9.17) is 28.4 Å². The fraction of sp³-hybridized carbons (Fsp3) is 0.946. The molecule has 50 heavy (non-hydrogen) atoms. The quantitative estimate of drug-likeness (QED) is 0.133. The molecule has 16 atom stereocenters. The lowest BCUT2D eigenvalue weighted by atomic mass is 9.73. The zero-order chi connectivity index (χ0) is 37.7. The molecule has 4 aliphatic heterocycles. The molecule has 2 bridgehead atoms. The summed E-state index contributed by atoms with van der Waals surface area (Å²) in [5, 5.41) is 36.4. The van der Waals surface area contributed by atoms with Crippen LogP contribution in [-0.4, -0.2) is 147 Å². The van der Waals surface area contributed by atoms with Gasteiger partial charge < -0.3 is 48.9 Å². The molecule has 4 fully saturated rings. The van der Waals surface area contributed by atoms with Gasteiger partial charge in [-0.3, -0.25) is 9.69 Å². The van der Waals surface area contributed by atoms with E-state index in [1.807, 2.05) is 67.8 Å². The Morgan fingerprint density at radius 2 is 1.82 bits per heavy atom. The van der Waals surface area contributed by atoms with Crippen LogP contribution in [-0.2, 0) is 33.2 Å². The molecule has 290 valence electrons. The van der Waals surface area contributed by atoms with Gasteiger partial charge in [0.25, 0.3) is 0 Å². The summed E-state index contributed by atoms with van der Waals surface area (Å²) in [4.78, 5) is 17.9. The molecule has 0 radical (unpaired) electrons. The van der Waals surface area contributed by atoms with Gasteiger partial charge in [0.05, 0.1) is 55.0 Å². The van der Waals surface area contributed by atoms with Crippen molar-refractivity contribution in [1.29, 1.82) is 5.26 Å². The number of rotatable bonds is 19. The summed E-state index contributed by atoms with van der Waals surface area (Å²) in [6, 6.07) is 2.05. The first-order chi connectivity index (χ1) is 23.3. The van der Waals surface area contributed by atoms with Crippen LogP contribution in [0.25, 0.3) is 0 Å². The molecule has 4 rings (SSSR count). The van der Waals surface area contributed by atoms with Crippen LogP contribution in [0.5, 0.6) is 0 Å². The normalized spacial score (nSPS) is 36.0. The third-order valence-electron chi connectivity index (χ3n) is 11.2. The molecule has 4 saturated heterocycles. The van der Waals surface area contributed by atoms with Crippen molar-refractivity contribution in [3.63, 3.8) is 0 Å². The number of nitrogens with one attached hydrogen (secondary N) is 1. The van der Waals surface area contributed by atoms with Gasteiger partial charge in [0.15, 0.2) is 6.29 Å². The Morgan fingerprint density at radius 1 is 1.16 bits per heavy atom. The molecule has 13 nitrogen and oxygen atoms in total. The number of carbonyl (C=O) groups is 1. The maximum atomic E-state index is 13.9. The van der Waals surface area contributed by atoms with E-state index in [0.29, 0.717) is 25.8 Å². The number of hydrogen-bond donors (Lipinski definition) is 3. The Balaban J connectivity index is 1.88. The molecular weight excluding hydrogens is 644 g/mol. The maximum absolute atomic E-state index is 13.9. The van der Waals surface area contributed by atoms with E-state index in [1.54, 1.807) is 20.8 Å². The van der Waals surface area contributed by atoms with Crippen LogP contribution < -0.4 is 5.32 Å². The van der Waals surface area contributed by atoms with E-state index in [0.717, 1.165) is 0 Å². The average molecular weight is 713 g/mol. The Morgan fingerprint density at radius 3 is 2.36 bits per heavy atom. The van der Waals surface area contributed by atoms with Crippen LogP contribution in [0.2, 0.25) is 0 Å². The molecular formula is C37H68N4O9. The van der Waals surface area contributed by atoms with Gasteiger partial charge in [0.2, 0.25) is 0 Å². The van der Waals surface area contributed by atoms with Crippen LogP contribution in [0, 0.1) is 35.0 Å². The minimum Gasteiger partial charge on any atom is -0.459 e. The number of likely N-dealkylation sites (N-methyl/N-ethyl adjacent to an activating group) is 2. The third-order valence-corrected chi connectivity index (χ3v) is 11.2. The van der Waals surface area contributed by atoms with Crippen molar-refractivity contribution in [2.75, 3.05) is 48.4 Å². The number of nitrogens with zero attached hydrogens (tertiary/aromatic N) is 3.